The third kappa shape index (κ3) is 5.69. The van der Waals surface area contributed by atoms with E-state index in [1.54, 1.807) is 43.5 Å². The molecule has 0 saturated carbocycles. The number of pyridine rings is 1. The summed E-state index contributed by atoms with van der Waals surface area (Å²) in [6, 6.07) is 7.47. The zero-order valence-corrected chi connectivity index (χ0v) is 23.5. The number of carbonyl (C=O) groups excluding carboxylic acids is 3. The number of benzene rings is 1. The molecule has 1 fully saturated rings. The monoisotopic (exact) mass is 609 g/mol. The number of rotatable bonds is 7. The number of carbonyl (C=O) groups is 3. The maximum atomic E-state index is 14.5. The smallest absolute Gasteiger partial charge is 0.248 e. The maximum absolute atomic E-state index is 14.5. The average molecular weight is 610 g/mol. The lowest BCUT2D eigenvalue weighted by Gasteiger charge is -2.24. The molecule has 5 rings (SSSR count). The molecule has 4 aromatic rings. The van der Waals surface area contributed by atoms with Gasteiger partial charge in [-0.2, -0.15) is 5.10 Å². The summed E-state index contributed by atoms with van der Waals surface area (Å²) in [7, 11) is 0. The number of nitrogens with zero attached hydrogens (tertiary/aromatic N) is 6. The van der Waals surface area contributed by atoms with Crippen molar-refractivity contribution in [1.82, 2.24) is 29.6 Å². The first-order chi connectivity index (χ1) is 19.1. The summed E-state index contributed by atoms with van der Waals surface area (Å²) in [6.07, 6.45) is 1.57. The zero-order chi connectivity index (χ0) is 28.6. The molecule has 13 heteroatoms. The number of ketones is 1. The standard InChI is InChI=1S/C27H25BrFN7O4/c1-14-4-7-22(28)32-26(14)33-27(39)21-8-17(29)12-35(21)24(38)13-36-20-6-5-18(9-19(20)25(34-36)16(3)37)40-23-11-30-15(2)10-31-23/h4-7,9-11,17,21H,8,12-13H2,1-3H3,(H,32,33,39)/t17-,21+/m1/s1. The first kappa shape index (κ1) is 27.3. The van der Waals surface area contributed by atoms with Gasteiger partial charge < -0.3 is 15.0 Å². The molecule has 1 N–H and O–H groups in total. The van der Waals surface area contributed by atoms with Gasteiger partial charge in [-0.3, -0.25) is 24.0 Å². The molecule has 1 aromatic carbocycles. The summed E-state index contributed by atoms with van der Waals surface area (Å²) in [6.45, 7) is 4.45. The molecule has 0 spiro atoms. The largest absolute Gasteiger partial charge is 0.437 e. The number of hydrogen-bond donors (Lipinski definition) is 1. The van der Waals surface area contributed by atoms with Crippen molar-refractivity contribution in [3.63, 3.8) is 0 Å². The topological polar surface area (TPSA) is 132 Å². The molecule has 1 aliphatic rings. The summed E-state index contributed by atoms with van der Waals surface area (Å²) in [5, 5.41) is 7.55. The van der Waals surface area contributed by atoms with Crippen LogP contribution in [0.3, 0.4) is 0 Å². The Morgan fingerprint density at radius 2 is 1.95 bits per heavy atom. The van der Waals surface area contributed by atoms with E-state index in [-0.39, 0.29) is 36.9 Å². The Kier molecular flexibility index (Phi) is 7.57. The molecule has 1 aliphatic heterocycles. The van der Waals surface area contributed by atoms with Crippen molar-refractivity contribution in [2.24, 2.45) is 0 Å². The zero-order valence-electron chi connectivity index (χ0n) is 21.9. The minimum Gasteiger partial charge on any atom is -0.437 e. The normalized spacial score (nSPS) is 16.8. The fourth-order valence-corrected chi connectivity index (χ4v) is 4.83. The highest BCUT2D eigenvalue weighted by atomic mass is 79.9. The van der Waals surface area contributed by atoms with Crippen LogP contribution in [0.5, 0.6) is 11.6 Å². The predicted molar refractivity (Wildman–Crippen MR) is 147 cm³/mol. The quantitative estimate of drug-likeness (QED) is 0.244. The lowest BCUT2D eigenvalue weighted by Crippen LogP contribution is -2.44. The lowest BCUT2D eigenvalue weighted by atomic mass is 10.1. The van der Waals surface area contributed by atoms with E-state index in [0.717, 1.165) is 11.3 Å². The van der Waals surface area contributed by atoms with Crippen LogP contribution in [0.25, 0.3) is 10.9 Å². The van der Waals surface area contributed by atoms with Gasteiger partial charge in [-0.1, -0.05) is 6.07 Å². The van der Waals surface area contributed by atoms with Crippen molar-refractivity contribution in [3.05, 3.63) is 64.3 Å². The van der Waals surface area contributed by atoms with Gasteiger partial charge in [0, 0.05) is 18.7 Å². The Morgan fingerprint density at radius 3 is 2.67 bits per heavy atom. The molecule has 4 heterocycles. The van der Waals surface area contributed by atoms with E-state index in [4.69, 9.17) is 4.74 Å². The van der Waals surface area contributed by atoms with Gasteiger partial charge in [0.2, 0.25) is 17.7 Å². The molecule has 2 atom stereocenters. The van der Waals surface area contributed by atoms with Gasteiger partial charge in [0.15, 0.2) is 5.78 Å². The summed E-state index contributed by atoms with van der Waals surface area (Å²) in [4.78, 5) is 52.6. The van der Waals surface area contributed by atoms with Crippen LogP contribution in [0.1, 0.15) is 35.1 Å². The minimum absolute atomic E-state index is 0.133. The number of hydrogen-bond acceptors (Lipinski definition) is 8. The van der Waals surface area contributed by atoms with Crippen LogP contribution >= 0.6 is 15.9 Å². The molecule has 0 aliphatic carbocycles. The SMILES string of the molecule is CC(=O)c1nn(CC(=O)N2C[C@H](F)C[C@H]2C(=O)Nc2nc(Br)ccc2C)c2ccc(Oc3cnc(C)cn3)cc12. The summed E-state index contributed by atoms with van der Waals surface area (Å²) in [5.74, 6) is -0.321. The molecular weight excluding hydrogens is 585 g/mol. The van der Waals surface area contributed by atoms with E-state index < -0.39 is 24.0 Å². The van der Waals surface area contributed by atoms with Gasteiger partial charge in [0.05, 0.1) is 30.1 Å². The second-order valence-corrected chi connectivity index (χ2v) is 10.3. The first-order valence-corrected chi connectivity index (χ1v) is 13.2. The van der Waals surface area contributed by atoms with Gasteiger partial charge in [0.1, 0.15) is 40.6 Å². The molecule has 0 bridgehead atoms. The van der Waals surface area contributed by atoms with Gasteiger partial charge in [-0.25, -0.2) is 14.4 Å². The minimum atomic E-state index is -1.36. The van der Waals surface area contributed by atoms with Crippen LogP contribution in [0.2, 0.25) is 0 Å². The maximum Gasteiger partial charge on any atom is 0.248 e. The third-order valence-corrected chi connectivity index (χ3v) is 6.94. The summed E-state index contributed by atoms with van der Waals surface area (Å²) < 4.78 is 22.2. The number of likely N-dealkylation sites (tertiary alicyclic amines) is 1. The predicted octanol–water partition coefficient (Wildman–Crippen LogP) is 4.17. The highest BCUT2D eigenvalue weighted by Crippen LogP contribution is 2.28. The number of Topliss-reactive ketones (excluding diaryl/α,β-unsaturated/α-hetero) is 1. The molecule has 206 valence electrons. The Balaban J connectivity index is 1.38. The number of fused-ring (bicyclic) bond motifs is 1. The third-order valence-electron chi connectivity index (χ3n) is 6.50. The molecule has 0 radical (unpaired) electrons. The molecule has 11 nitrogen and oxygen atoms in total. The van der Waals surface area contributed by atoms with Crippen LogP contribution < -0.4 is 10.1 Å². The molecule has 2 amide bonds. The van der Waals surface area contributed by atoms with E-state index in [1.165, 1.54) is 22.7 Å². The Hall–Kier alpha value is -4.26. The summed E-state index contributed by atoms with van der Waals surface area (Å²) >= 11 is 3.27. The Labute approximate surface area is 236 Å². The lowest BCUT2D eigenvalue weighted by molar-refractivity contribution is -0.137. The van der Waals surface area contributed by atoms with Crippen molar-refractivity contribution in [2.75, 3.05) is 11.9 Å². The Bertz CT molecular complexity index is 1630. The van der Waals surface area contributed by atoms with Crippen LogP contribution in [0.15, 0.2) is 47.3 Å². The fraction of sp³-hybridized carbons (Fsp3) is 0.296. The molecular formula is C27H25BrFN7O4. The number of aryl methyl sites for hydroxylation is 2. The van der Waals surface area contributed by atoms with Crippen molar-refractivity contribution >= 4 is 50.2 Å². The van der Waals surface area contributed by atoms with Gasteiger partial charge in [-0.15, -0.1) is 0 Å². The molecule has 40 heavy (non-hydrogen) atoms. The highest BCUT2D eigenvalue weighted by Gasteiger charge is 2.40. The van der Waals surface area contributed by atoms with Crippen molar-refractivity contribution in [3.8, 4) is 11.6 Å². The number of alkyl halides is 1. The molecule has 0 unspecified atom stereocenters. The van der Waals surface area contributed by atoms with E-state index >= 15 is 0 Å². The number of nitrogens with one attached hydrogen (secondary N) is 1. The van der Waals surface area contributed by atoms with Crippen LogP contribution in [0, 0.1) is 13.8 Å². The second-order valence-electron chi connectivity index (χ2n) is 9.52. The number of amides is 2. The van der Waals surface area contributed by atoms with E-state index in [2.05, 4.69) is 41.3 Å². The average Bonchev–Trinajstić information content (AvgIpc) is 3.48. The number of anilines is 1. The van der Waals surface area contributed by atoms with E-state index in [9.17, 15) is 18.8 Å². The molecule has 1 saturated heterocycles. The van der Waals surface area contributed by atoms with E-state index in [0.29, 0.717) is 27.1 Å². The van der Waals surface area contributed by atoms with Gasteiger partial charge in [-0.05, 0) is 59.6 Å². The number of halogens is 2. The van der Waals surface area contributed by atoms with Crippen LogP contribution in [-0.4, -0.2) is 66.0 Å². The number of ether oxygens (including phenoxy) is 1. The number of aromatic nitrogens is 5. The second kappa shape index (κ2) is 11.1. The van der Waals surface area contributed by atoms with E-state index in [1.807, 2.05) is 6.92 Å². The highest BCUT2D eigenvalue weighted by molar-refractivity contribution is 9.10. The Morgan fingerprint density at radius 1 is 1.15 bits per heavy atom. The van der Waals surface area contributed by atoms with Crippen molar-refractivity contribution in [2.45, 2.75) is 46.0 Å². The van der Waals surface area contributed by atoms with Crippen LogP contribution in [-0.2, 0) is 16.1 Å². The fourth-order valence-electron chi connectivity index (χ4n) is 4.52. The van der Waals surface area contributed by atoms with Gasteiger partial charge in [0.25, 0.3) is 0 Å². The molecule has 3 aromatic heterocycles. The van der Waals surface area contributed by atoms with Crippen molar-refractivity contribution in [1.29, 1.82) is 0 Å². The van der Waals surface area contributed by atoms with Crippen LogP contribution in [0.4, 0.5) is 10.2 Å². The van der Waals surface area contributed by atoms with Crippen molar-refractivity contribution < 1.29 is 23.5 Å². The van der Waals surface area contributed by atoms with Gasteiger partial charge >= 0.3 is 0 Å². The summed E-state index contributed by atoms with van der Waals surface area (Å²) in [5.41, 5.74) is 2.12. The first-order valence-electron chi connectivity index (χ1n) is 12.4.